The van der Waals surface area contributed by atoms with Gasteiger partial charge in [-0.25, -0.2) is 4.39 Å². The van der Waals surface area contributed by atoms with Crippen LogP contribution in [-0.2, 0) is 28.7 Å². The van der Waals surface area contributed by atoms with Crippen LogP contribution < -0.4 is 0 Å². The van der Waals surface area contributed by atoms with Gasteiger partial charge in [-0.05, 0) is 80.3 Å². The zero-order valence-electron chi connectivity index (χ0n) is 23.8. The number of rotatable bonds is 9. The summed E-state index contributed by atoms with van der Waals surface area (Å²) in [6.07, 6.45) is 1.41. The summed E-state index contributed by atoms with van der Waals surface area (Å²) in [5.74, 6) is 0.683. The van der Waals surface area contributed by atoms with Gasteiger partial charge in [0.1, 0.15) is 23.8 Å². The summed E-state index contributed by atoms with van der Waals surface area (Å²) in [7, 11) is 0. The van der Waals surface area contributed by atoms with Gasteiger partial charge in [-0.15, -0.1) is 0 Å². The van der Waals surface area contributed by atoms with Gasteiger partial charge in [-0.3, -0.25) is 9.69 Å². The highest BCUT2D eigenvalue weighted by atomic mass is 35.5. The van der Waals surface area contributed by atoms with Crippen LogP contribution in [0.3, 0.4) is 0 Å². The molecule has 43 heavy (non-hydrogen) atoms. The van der Waals surface area contributed by atoms with Crippen LogP contribution in [0.2, 0.25) is 5.02 Å². The number of aryl methyl sites for hydroxylation is 1. The smallest absolute Gasteiger partial charge is 0.417 e. The molecule has 3 aromatic rings. The van der Waals surface area contributed by atoms with Crippen molar-refractivity contribution in [3.05, 3.63) is 69.7 Å². The van der Waals surface area contributed by atoms with Crippen molar-refractivity contribution in [3.63, 3.8) is 0 Å². The summed E-state index contributed by atoms with van der Waals surface area (Å²) in [5.41, 5.74) is -0.0718. The zero-order chi connectivity index (χ0) is 30.6. The summed E-state index contributed by atoms with van der Waals surface area (Å²) < 4.78 is 65.0. The number of nitrogens with zero attached hydrogens (tertiary/aromatic N) is 3. The van der Waals surface area contributed by atoms with Gasteiger partial charge in [0.25, 0.3) is 0 Å². The first-order chi connectivity index (χ1) is 20.6. The summed E-state index contributed by atoms with van der Waals surface area (Å²) in [6.45, 7) is 3.02. The van der Waals surface area contributed by atoms with Gasteiger partial charge in [0.2, 0.25) is 5.91 Å². The molecule has 0 atom stereocenters. The van der Waals surface area contributed by atoms with E-state index in [1.807, 2.05) is 4.90 Å². The number of halogens is 5. The van der Waals surface area contributed by atoms with E-state index in [1.165, 1.54) is 18.2 Å². The Labute approximate surface area is 253 Å². The predicted molar refractivity (Wildman–Crippen MR) is 154 cm³/mol. The summed E-state index contributed by atoms with van der Waals surface area (Å²) in [5, 5.41) is 9.94. The van der Waals surface area contributed by atoms with Gasteiger partial charge in [0.05, 0.1) is 34.9 Å². The van der Waals surface area contributed by atoms with Crippen LogP contribution in [-0.4, -0.2) is 54.6 Å². The first-order valence-corrected chi connectivity index (χ1v) is 15.1. The average molecular weight is 620 g/mol. The maximum absolute atomic E-state index is 13.6. The fraction of sp³-hybridized carbons (Fsp3) is 0.500. The van der Waals surface area contributed by atoms with E-state index in [1.54, 1.807) is 18.2 Å². The van der Waals surface area contributed by atoms with Crippen LogP contribution in [0.4, 0.5) is 17.6 Å². The average Bonchev–Trinajstić information content (AvgIpc) is 3.30. The molecule has 1 aromatic heterocycles. The van der Waals surface area contributed by atoms with E-state index in [-0.39, 0.29) is 30.0 Å². The second kappa shape index (κ2) is 13.7. The number of carbonyl (C=O) groups excluding carboxylic acids is 1. The van der Waals surface area contributed by atoms with Crippen molar-refractivity contribution in [2.75, 3.05) is 32.8 Å². The molecule has 5 rings (SSSR count). The van der Waals surface area contributed by atoms with Crippen LogP contribution in [0.1, 0.15) is 61.0 Å². The molecule has 1 amide bonds. The third-order valence-electron chi connectivity index (χ3n) is 8.57. The highest BCUT2D eigenvalue weighted by Crippen LogP contribution is 2.34. The largest absolute Gasteiger partial charge is 0.458 e. The molecule has 0 spiro atoms. The van der Waals surface area contributed by atoms with Crippen LogP contribution in [0, 0.1) is 23.1 Å². The third-order valence-corrected chi connectivity index (χ3v) is 8.99. The number of nitriles is 1. The van der Waals surface area contributed by atoms with Gasteiger partial charge >= 0.3 is 6.18 Å². The van der Waals surface area contributed by atoms with Crippen LogP contribution in [0.5, 0.6) is 0 Å². The topological polar surface area (TPSA) is 69.7 Å². The molecule has 0 N–H and O–H groups in total. The number of benzene rings is 2. The second-order valence-electron chi connectivity index (χ2n) is 11.5. The Balaban J connectivity index is 0.983. The summed E-state index contributed by atoms with van der Waals surface area (Å²) in [6, 6.07) is 9.85. The predicted octanol–water partition coefficient (Wildman–Crippen LogP) is 7.36. The second-order valence-corrected chi connectivity index (χ2v) is 11.9. The van der Waals surface area contributed by atoms with Gasteiger partial charge in [-0.1, -0.05) is 24.1 Å². The highest BCUT2D eigenvalue weighted by molar-refractivity contribution is 6.36. The van der Waals surface area contributed by atoms with E-state index >= 15 is 0 Å². The van der Waals surface area contributed by atoms with Gasteiger partial charge < -0.3 is 14.1 Å². The van der Waals surface area contributed by atoms with Crippen molar-refractivity contribution in [2.24, 2.45) is 5.92 Å². The molecule has 1 aliphatic heterocycles. The Kier molecular flexibility index (Phi) is 9.95. The van der Waals surface area contributed by atoms with E-state index in [4.69, 9.17) is 26.0 Å². The van der Waals surface area contributed by atoms with Gasteiger partial charge in [0.15, 0.2) is 0 Å². The van der Waals surface area contributed by atoms with Crippen molar-refractivity contribution in [3.8, 4) is 6.07 Å². The van der Waals surface area contributed by atoms with Crippen molar-refractivity contribution < 1.29 is 31.5 Å². The maximum Gasteiger partial charge on any atom is 0.417 e. The van der Waals surface area contributed by atoms with Crippen molar-refractivity contribution in [1.82, 2.24) is 9.80 Å². The monoisotopic (exact) mass is 619 g/mol. The molecule has 2 aromatic carbocycles. The fourth-order valence-electron chi connectivity index (χ4n) is 6.09. The molecule has 6 nitrogen and oxygen atoms in total. The Morgan fingerprint density at radius 1 is 1.07 bits per heavy atom. The highest BCUT2D eigenvalue weighted by Gasteiger charge is 2.34. The number of fused-ring (bicyclic) bond motifs is 1. The number of ether oxygens (including phenoxy) is 1. The molecule has 0 unspecified atom stereocenters. The molecular formula is C32H34ClF4N3O3. The standard InChI is InChI=1S/C32H34ClF4N3O3/c33-31-26-17-24(34)8-11-28(26)43-29(31)19-39-12-14-40(15-13-39)30(41)20-42-25-9-5-21(6-10-25)2-1-3-22-4-7-23(18-38)27(16-22)32(35,36)37/h4,7-8,11,16-17,21,25H,1-3,5-6,9-10,12-15,19-20H2/t21-,25-. The van der Waals surface area contributed by atoms with Crippen LogP contribution >= 0.6 is 11.6 Å². The molecule has 1 aliphatic carbocycles. The van der Waals surface area contributed by atoms with Crippen LogP contribution in [0.15, 0.2) is 40.8 Å². The quantitative estimate of drug-likeness (QED) is 0.234. The minimum atomic E-state index is -4.54. The van der Waals surface area contributed by atoms with Crippen molar-refractivity contribution in [2.45, 2.75) is 63.8 Å². The molecule has 1 saturated carbocycles. The molecule has 1 saturated heterocycles. The molecular weight excluding hydrogens is 586 g/mol. The Morgan fingerprint density at radius 3 is 2.51 bits per heavy atom. The van der Waals surface area contributed by atoms with E-state index < -0.39 is 11.7 Å². The van der Waals surface area contributed by atoms with E-state index in [9.17, 15) is 22.4 Å². The third kappa shape index (κ3) is 7.88. The lowest BCUT2D eigenvalue weighted by atomic mass is 9.84. The molecule has 11 heteroatoms. The summed E-state index contributed by atoms with van der Waals surface area (Å²) in [4.78, 5) is 16.8. The number of carbonyl (C=O) groups is 1. The first-order valence-electron chi connectivity index (χ1n) is 14.7. The molecule has 2 aliphatic rings. The van der Waals surface area contributed by atoms with E-state index in [2.05, 4.69) is 4.90 Å². The SMILES string of the molecule is N#Cc1ccc(CCC[C@H]2CC[C@H](OCC(=O)N3CCN(Cc4oc5ccc(F)cc5c4Cl)CC3)CC2)cc1C(F)(F)F. The van der Waals surface area contributed by atoms with Gasteiger partial charge in [-0.2, -0.15) is 18.4 Å². The van der Waals surface area contributed by atoms with Crippen molar-refractivity contribution >= 4 is 28.5 Å². The number of piperazine rings is 1. The normalized spacial score (nSPS) is 20.0. The Morgan fingerprint density at radius 2 is 1.81 bits per heavy atom. The molecule has 2 fully saturated rings. The Hall–Kier alpha value is -3.13. The number of furan rings is 1. The lowest BCUT2D eigenvalue weighted by Crippen LogP contribution is -2.49. The summed E-state index contributed by atoms with van der Waals surface area (Å²) >= 11 is 6.42. The fourth-order valence-corrected chi connectivity index (χ4v) is 6.34. The number of amides is 1. The van der Waals surface area contributed by atoms with E-state index in [0.717, 1.165) is 44.6 Å². The molecule has 0 bridgehead atoms. The number of alkyl halides is 3. The van der Waals surface area contributed by atoms with E-state index in [0.29, 0.717) is 72.4 Å². The van der Waals surface area contributed by atoms with Crippen LogP contribution in [0.25, 0.3) is 11.0 Å². The maximum atomic E-state index is 13.6. The lowest BCUT2D eigenvalue weighted by Gasteiger charge is -2.35. The number of hydrogen-bond donors (Lipinski definition) is 0. The number of hydrogen-bond acceptors (Lipinski definition) is 5. The molecule has 2 heterocycles. The minimum Gasteiger partial charge on any atom is -0.458 e. The minimum absolute atomic E-state index is 0.0281. The Bertz CT molecular complexity index is 1470. The first kappa shape index (κ1) is 31.3. The lowest BCUT2D eigenvalue weighted by molar-refractivity contribution is -0.141. The van der Waals surface area contributed by atoms with Gasteiger partial charge in [0, 0.05) is 31.6 Å². The van der Waals surface area contributed by atoms with Crippen molar-refractivity contribution in [1.29, 1.82) is 5.26 Å². The molecule has 230 valence electrons. The molecule has 0 radical (unpaired) electrons. The zero-order valence-corrected chi connectivity index (χ0v) is 24.5.